The van der Waals surface area contributed by atoms with Crippen LogP contribution in [0.5, 0.6) is 0 Å². The van der Waals surface area contributed by atoms with Crippen molar-refractivity contribution in [1.29, 1.82) is 0 Å². The van der Waals surface area contributed by atoms with Crippen molar-refractivity contribution in [3.63, 3.8) is 0 Å². The third-order valence-corrected chi connectivity index (χ3v) is 7.59. The minimum absolute atomic E-state index is 0.0726. The number of hydrogen-bond acceptors (Lipinski definition) is 6. The highest BCUT2D eigenvalue weighted by molar-refractivity contribution is 7.99. The molecule has 34 heavy (non-hydrogen) atoms. The summed E-state index contributed by atoms with van der Waals surface area (Å²) in [4.78, 5) is 11.5. The molecule has 0 bridgehead atoms. The fraction of sp³-hybridized carbons (Fsp3) is 0.125. The van der Waals surface area contributed by atoms with Crippen LogP contribution in [0.15, 0.2) is 82.8 Å². The second kappa shape index (κ2) is 9.70. The molecule has 174 valence electrons. The van der Waals surface area contributed by atoms with Gasteiger partial charge in [-0.1, -0.05) is 42.1 Å². The second-order valence-corrected chi connectivity index (χ2v) is 10.2. The van der Waals surface area contributed by atoms with Gasteiger partial charge >= 0.3 is 0 Å². The second-order valence-electron chi connectivity index (χ2n) is 7.61. The lowest BCUT2D eigenvalue weighted by Gasteiger charge is -2.14. The zero-order valence-corrected chi connectivity index (χ0v) is 20.2. The molecule has 0 saturated carbocycles. The summed E-state index contributed by atoms with van der Waals surface area (Å²) in [5, 5.41) is 9.19. The maximum absolute atomic E-state index is 12.6. The normalized spacial score (nSPS) is 11.4. The van der Waals surface area contributed by atoms with Crippen LogP contribution in [0.4, 0.5) is 5.69 Å². The lowest BCUT2D eigenvalue weighted by atomic mass is 10.1. The van der Waals surface area contributed by atoms with Crippen molar-refractivity contribution >= 4 is 33.4 Å². The molecule has 0 unspecified atom stereocenters. The average Bonchev–Trinajstić information content (AvgIpc) is 3.24. The van der Waals surface area contributed by atoms with E-state index in [1.54, 1.807) is 42.5 Å². The fourth-order valence-corrected chi connectivity index (χ4v) is 5.15. The maximum Gasteiger partial charge on any atom is 0.261 e. The van der Waals surface area contributed by atoms with E-state index in [-0.39, 0.29) is 10.6 Å². The highest BCUT2D eigenvalue weighted by Gasteiger charge is 2.19. The molecular formula is C24H23N5O3S2. The summed E-state index contributed by atoms with van der Waals surface area (Å²) in [5.41, 5.74) is 9.55. The van der Waals surface area contributed by atoms with Crippen LogP contribution in [0.2, 0.25) is 0 Å². The van der Waals surface area contributed by atoms with Gasteiger partial charge in [-0.15, -0.1) is 10.2 Å². The molecular weight excluding hydrogens is 470 g/mol. The zero-order valence-electron chi connectivity index (χ0n) is 18.6. The van der Waals surface area contributed by atoms with Crippen molar-refractivity contribution in [1.82, 2.24) is 14.8 Å². The van der Waals surface area contributed by atoms with E-state index < -0.39 is 15.9 Å². The monoisotopic (exact) mass is 493 g/mol. The smallest absolute Gasteiger partial charge is 0.261 e. The predicted molar refractivity (Wildman–Crippen MR) is 133 cm³/mol. The highest BCUT2D eigenvalue weighted by Crippen LogP contribution is 2.31. The number of nitrogens with two attached hydrogens (primary N) is 1. The van der Waals surface area contributed by atoms with Crippen molar-refractivity contribution in [2.75, 3.05) is 10.5 Å². The van der Waals surface area contributed by atoms with Crippen molar-refractivity contribution in [3.05, 3.63) is 83.9 Å². The fourth-order valence-electron chi connectivity index (χ4n) is 3.38. The first-order chi connectivity index (χ1) is 16.3. The summed E-state index contributed by atoms with van der Waals surface area (Å²) >= 11 is 1.21. The number of nitrogens with one attached hydrogen (secondary N) is 1. The number of amides is 1. The summed E-state index contributed by atoms with van der Waals surface area (Å²) in [5.74, 6) is 0.193. The van der Waals surface area contributed by atoms with Gasteiger partial charge < -0.3 is 5.73 Å². The minimum Gasteiger partial charge on any atom is -0.369 e. The Hall–Kier alpha value is -3.63. The highest BCUT2D eigenvalue weighted by atomic mass is 32.2. The van der Waals surface area contributed by atoms with Gasteiger partial charge in [-0.05, 0) is 67.4 Å². The topological polar surface area (TPSA) is 120 Å². The van der Waals surface area contributed by atoms with E-state index >= 15 is 0 Å². The number of thioether (sulfide) groups is 1. The molecule has 0 aliphatic heterocycles. The van der Waals surface area contributed by atoms with Crippen LogP contribution in [0, 0.1) is 13.8 Å². The number of anilines is 1. The molecule has 0 saturated heterocycles. The molecule has 3 aromatic carbocycles. The number of benzene rings is 3. The summed E-state index contributed by atoms with van der Waals surface area (Å²) in [6.07, 6.45) is 0. The largest absolute Gasteiger partial charge is 0.369 e. The zero-order chi connectivity index (χ0) is 24.3. The molecule has 1 heterocycles. The van der Waals surface area contributed by atoms with Crippen LogP contribution >= 0.6 is 11.8 Å². The molecule has 1 amide bonds. The van der Waals surface area contributed by atoms with Crippen molar-refractivity contribution < 1.29 is 13.2 Å². The van der Waals surface area contributed by atoms with Crippen LogP contribution in [-0.4, -0.2) is 34.8 Å². The summed E-state index contributed by atoms with van der Waals surface area (Å²) < 4.78 is 29.7. The predicted octanol–water partition coefficient (Wildman–Crippen LogP) is 3.93. The quantitative estimate of drug-likeness (QED) is 0.359. The van der Waals surface area contributed by atoms with Crippen LogP contribution in [0.1, 0.15) is 11.1 Å². The first kappa shape index (κ1) is 23.5. The summed E-state index contributed by atoms with van der Waals surface area (Å²) in [6.45, 7) is 4.03. The number of carbonyl (C=O) groups excluding carboxylic acids is 1. The van der Waals surface area contributed by atoms with Crippen LogP contribution in [0.3, 0.4) is 0 Å². The van der Waals surface area contributed by atoms with Crippen LogP contribution < -0.4 is 10.5 Å². The van der Waals surface area contributed by atoms with Gasteiger partial charge in [0.1, 0.15) is 0 Å². The van der Waals surface area contributed by atoms with E-state index in [9.17, 15) is 13.2 Å². The molecule has 8 nitrogen and oxygen atoms in total. The number of nitrogens with zero attached hydrogens (tertiary/aromatic N) is 3. The van der Waals surface area contributed by atoms with E-state index in [4.69, 9.17) is 5.73 Å². The lowest BCUT2D eigenvalue weighted by Crippen LogP contribution is -2.14. The van der Waals surface area contributed by atoms with Gasteiger partial charge in [0.2, 0.25) is 5.91 Å². The Kier molecular flexibility index (Phi) is 6.71. The Balaban J connectivity index is 1.70. The van der Waals surface area contributed by atoms with Gasteiger partial charge in [0.05, 0.1) is 16.3 Å². The standard InChI is InChI=1S/C24H23N5O3S2/c1-16-7-6-10-21(17(16)2)29-23(26-27-24(29)33-15-22(25)30)18-11-13-19(14-12-18)28-34(31,32)20-8-4-3-5-9-20/h3-14,28H,15H2,1-2H3,(H2,25,30). The third-order valence-electron chi connectivity index (χ3n) is 5.24. The van der Waals surface area contributed by atoms with E-state index in [1.165, 1.54) is 23.9 Å². The van der Waals surface area contributed by atoms with Gasteiger partial charge in [-0.25, -0.2) is 8.42 Å². The van der Waals surface area contributed by atoms with Gasteiger partial charge in [0, 0.05) is 11.3 Å². The van der Waals surface area contributed by atoms with Crippen molar-refractivity contribution in [2.24, 2.45) is 5.73 Å². The molecule has 0 aliphatic carbocycles. The Morgan fingerprint density at radius 2 is 1.68 bits per heavy atom. The lowest BCUT2D eigenvalue weighted by molar-refractivity contribution is -0.115. The van der Waals surface area contributed by atoms with Gasteiger partial charge in [-0.2, -0.15) is 0 Å². The van der Waals surface area contributed by atoms with Crippen LogP contribution in [-0.2, 0) is 14.8 Å². The first-order valence-corrected chi connectivity index (χ1v) is 12.8. The number of carbonyl (C=O) groups is 1. The van der Waals surface area contributed by atoms with Crippen molar-refractivity contribution in [3.8, 4) is 17.1 Å². The van der Waals surface area contributed by atoms with E-state index in [2.05, 4.69) is 14.9 Å². The molecule has 0 radical (unpaired) electrons. The number of rotatable bonds is 8. The van der Waals surface area contributed by atoms with Gasteiger partial charge in [0.15, 0.2) is 11.0 Å². The van der Waals surface area contributed by atoms with E-state index in [1.807, 2.05) is 36.6 Å². The van der Waals surface area contributed by atoms with Crippen molar-refractivity contribution in [2.45, 2.75) is 23.9 Å². The molecule has 0 atom stereocenters. The molecule has 1 aromatic heterocycles. The average molecular weight is 494 g/mol. The Bertz CT molecular complexity index is 1430. The molecule has 0 spiro atoms. The number of aromatic nitrogens is 3. The Morgan fingerprint density at radius 3 is 2.35 bits per heavy atom. The van der Waals surface area contributed by atoms with E-state index in [0.717, 1.165) is 22.4 Å². The Labute approximate surface area is 202 Å². The van der Waals surface area contributed by atoms with E-state index in [0.29, 0.717) is 16.7 Å². The van der Waals surface area contributed by atoms with Crippen LogP contribution in [0.25, 0.3) is 17.1 Å². The maximum atomic E-state index is 12.6. The number of sulfonamides is 1. The third kappa shape index (κ3) is 4.97. The minimum atomic E-state index is -3.69. The first-order valence-electron chi connectivity index (χ1n) is 10.4. The van der Waals surface area contributed by atoms with Gasteiger partial charge in [0.25, 0.3) is 10.0 Å². The number of primary amides is 1. The molecule has 0 aliphatic rings. The summed E-state index contributed by atoms with van der Waals surface area (Å²) in [6, 6.07) is 21.0. The molecule has 3 N–H and O–H groups in total. The molecule has 4 rings (SSSR count). The summed E-state index contributed by atoms with van der Waals surface area (Å²) in [7, 11) is -3.69. The number of hydrogen-bond donors (Lipinski definition) is 2. The molecule has 0 fully saturated rings. The SMILES string of the molecule is Cc1cccc(-n2c(SCC(N)=O)nnc2-c2ccc(NS(=O)(=O)c3ccccc3)cc2)c1C. The van der Waals surface area contributed by atoms with Gasteiger partial charge in [-0.3, -0.25) is 14.1 Å². The number of aryl methyl sites for hydroxylation is 1. The molecule has 10 heteroatoms. The Morgan fingerprint density at radius 1 is 0.971 bits per heavy atom. The molecule has 4 aromatic rings.